The van der Waals surface area contributed by atoms with Crippen LogP contribution in [0.3, 0.4) is 0 Å². The van der Waals surface area contributed by atoms with Gasteiger partial charge in [0.1, 0.15) is 12.2 Å². The smallest absolute Gasteiger partial charge is 0.336 e. The summed E-state index contributed by atoms with van der Waals surface area (Å²) in [5.74, 6) is -0.423. The van der Waals surface area contributed by atoms with Gasteiger partial charge in [0.15, 0.2) is 0 Å². The average molecular weight is 308 g/mol. The normalized spacial score (nSPS) is 11.3. The number of rotatable bonds is 4. The summed E-state index contributed by atoms with van der Waals surface area (Å²) in [6.07, 6.45) is 3.89. The summed E-state index contributed by atoms with van der Waals surface area (Å²) in [5.41, 5.74) is 0.681. The highest BCUT2D eigenvalue weighted by Crippen LogP contribution is 2.27. The largest absolute Gasteiger partial charge is 0.458 e. The number of carbonyl (C=O) groups excluding carboxylic acids is 1. The van der Waals surface area contributed by atoms with Gasteiger partial charge in [-0.15, -0.1) is 0 Å². The molecule has 116 valence electrons. The lowest BCUT2D eigenvalue weighted by Gasteiger charge is -2.08. The van der Waals surface area contributed by atoms with Crippen LogP contribution in [0, 0.1) is 0 Å². The van der Waals surface area contributed by atoms with Crippen molar-refractivity contribution in [3.05, 3.63) is 70.6 Å². The zero-order chi connectivity index (χ0) is 16.2. The Balaban J connectivity index is 2.08. The number of fused-ring (bicyclic) bond motifs is 3. The van der Waals surface area contributed by atoms with Gasteiger partial charge in [-0.1, -0.05) is 43.3 Å². The monoisotopic (exact) mass is 308 g/mol. The summed E-state index contributed by atoms with van der Waals surface area (Å²) in [7, 11) is 0. The van der Waals surface area contributed by atoms with Crippen LogP contribution >= 0.6 is 0 Å². The van der Waals surface area contributed by atoms with Gasteiger partial charge in [0.2, 0.25) is 0 Å². The predicted molar refractivity (Wildman–Crippen MR) is 89.2 cm³/mol. The van der Waals surface area contributed by atoms with Gasteiger partial charge in [-0.3, -0.25) is 0 Å². The SMILES string of the molecule is CC/C=C/C(=O)OCc1cc(=O)oc2ccc3ccccc3c12. The van der Waals surface area contributed by atoms with Gasteiger partial charge < -0.3 is 9.15 Å². The zero-order valence-electron chi connectivity index (χ0n) is 12.7. The van der Waals surface area contributed by atoms with Crippen LogP contribution in [0.2, 0.25) is 0 Å². The molecule has 4 nitrogen and oxygen atoms in total. The van der Waals surface area contributed by atoms with Crippen LogP contribution in [0.15, 0.2) is 63.8 Å². The van der Waals surface area contributed by atoms with Crippen LogP contribution in [0.5, 0.6) is 0 Å². The Hall–Kier alpha value is -2.88. The summed E-state index contributed by atoms with van der Waals surface area (Å²) in [4.78, 5) is 23.4. The lowest BCUT2D eigenvalue weighted by molar-refractivity contribution is -0.138. The Labute approximate surface area is 133 Å². The average Bonchev–Trinajstić information content (AvgIpc) is 2.57. The highest BCUT2D eigenvalue weighted by Gasteiger charge is 2.11. The summed E-state index contributed by atoms with van der Waals surface area (Å²) in [6, 6.07) is 12.9. The summed E-state index contributed by atoms with van der Waals surface area (Å²) in [5, 5.41) is 2.80. The van der Waals surface area contributed by atoms with E-state index >= 15 is 0 Å². The third-order valence-corrected chi connectivity index (χ3v) is 3.57. The number of benzene rings is 2. The van der Waals surface area contributed by atoms with Gasteiger partial charge in [0.05, 0.1) is 0 Å². The molecule has 23 heavy (non-hydrogen) atoms. The van der Waals surface area contributed by atoms with E-state index in [1.54, 1.807) is 12.1 Å². The Morgan fingerprint density at radius 3 is 2.87 bits per heavy atom. The van der Waals surface area contributed by atoms with Crippen LogP contribution in [0.25, 0.3) is 21.7 Å². The van der Waals surface area contributed by atoms with E-state index in [0.717, 1.165) is 22.6 Å². The number of ether oxygens (including phenoxy) is 1. The molecule has 0 N–H and O–H groups in total. The molecule has 0 saturated heterocycles. The second kappa shape index (κ2) is 6.48. The second-order valence-corrected chi connectivity index (χ2v) is 5.17. The van der Waals surface area contributed by atoms with Crippen molar-refractivity contribution in [2.24, 2.45) is 0 Å². The minimum absolute atomic E-state index is 0.0307. The molecule has 0 amide bonds. The highest BCUT2D eigenvalue weighted by atomic mass is 16.5. The van der Waals surface area contributed by atoms with Crippen molar-refractivity contribution in [2.45, 2.75) is 20.0 Å². The molecule has 0 aliphatic heterocycles. The molecule has 0 saturated carbocycles. The lowest BCUT2D eigenvalue weighted by Crippen LogP contribution is -2.06. The minimum atomic E-state index is -0.456. The number of esters is 1. The van der Waals surface area contributed by atoms with Crippen LogP contribution in [0.4, 0.5) is 0 Å². The van der Waals surface area contributed by atoms with E-state index in [0.29, 0.717) is 11.1 Å². The predicted octanol–water partition coefficient (Wildman–Crippen LogP) is 3.96. The summed E-state index contributed by atoms with van der Waals surface area (Å²) < 4.78 is 10.5. The van der Waals surface area contributed by atoms with Gasteiger partial charge in [-0.25, -0.2) is 9.59 Å². The molecule has 0 atom stereocenters. The highest BCUT2D eigenvalue weighted by molar-refractivity contribution is 6.07. The molecule has 0 fully saturated rings. The molecule has 0 unspecified atom stereocenters. The van der Waals surface area contributed by atoms with E-state index in [-0.39, 0.29) is 6.61 Å². The van der Waals surface area contributed by atoms with Gasteiger partial charge in [0.25, 0.3) is 0 Å². The quantitative estimate of drug-likeness (QED) is 0.317. The summed E-state index contributed by atoms with van der Waals surface area (Å²) in [6.45, 7) is 1.97. The molecule has 0 spiro atoms. The zero-order valence-corrected chi connectivity index (χ0v) is 12.7. The van der Waals surface area contributed by atoms with Crippen LogP contribution in [-0.2, 0) is 16.1 Å². The fourth-order valence-corrected chi connectivity index (χ4v) is 2.54. The minimum Gasteiger partial charge on any atom is -0.458 e. The Morgan fingerprint density at radius 1 is 1.22 bits per heavy atom. The van der Waals surface area contributed by atoms with Gasteiger partial charge >= 0.3 is 11.6 Å². The van der Waals surface area contributed by atoms with Crippen molar-refractivity contribution in [3.63, 3.8) is 0 Å². The topological polar surface area (TPSA) is 56.5 Å². The van der Waals surface area contributed by atoms with Crippen molar-refractivity contribution < 1.29 is 13.9 Å². The van der Waals surface area contributed by atoms with Crippen molar-refractivity contribution in [1.82, 2.24) is 0 Å². The van der Waals surface area contributed by atoms with Crippen molar-refractivity contribution in [2.75, 3.05) is 0 Å². The first-order valence-electron chi connectivity index (χ1n) is 7.47. The Morgan fingerprint density at radius 2 is 2.04 bits per heavy atom. The molecule has 1 heterocycles. The molecular weight excluding hydrogens is 292 g/mol. The maximum absolute atomic E-state index is 11.7. The Kier molecular flexibility index (Phi) is 4.24. The van der Waals surface area contributed by atoms with Gasteiger partial charge in [-0.05, 0) is 23.3 Å². The molecule has 0 bridgehead atoms. The lowest BCUT2D eigenvalue weighted by atomic mass is 10.0. The third kappa shape index (κ3) is 3.16. The first-order valence-corrected chi connectivity index (χ1v) is 7.47. The molecule has 0 aliphatic carbocycles. The number of carbonyl (C=O) groups is 1. The van der Waals surface area contributed by atoms with Crippen LogP contribution in [0.1, 0.15) is 18.9 Å². The third-order valence-electron chi connectivity index (χ3n) is 3.57. The number of allylic oxidation sites excluding steroid dienone is 1. The van der Waals surface area contributed by atoms with E-state index in [4.69, 9.17) is 9.15 Å². The molecule has 1 aromatic heterocycles. The second-order valence-electron chi connectivity index (χ2n) is 5.17. The molecule has 3 rings (SSSR count). The summed E-state index contributed by atoms with van der Waals surface area (Å²) >= 11 is 0. The fraction of sp³-hybridized carbons (Fsp3) is 0.158. The molecule has 0 radical (unpaired) electrons. The fourth-order valence-electron chi connectivity index (χ4n) is 2.54. The standard InChI is InChI=1S/C19H16O4/c1-2-3-8-17(20)22-12-14-11-18(21)23-16-10-9-13-6-4-5-7-15(13)19(14)16/h3-11H,2,12H2,1H3/b8-3+. The molecule has 0 aliphatic rings. The number of hydrogen-bond donors (Lipinski definition) is 0. The molecule has 2 aromatic carbocycles. The number of hydrogen-bond acceptors (Lipinski definition) is 4. The Bertz CT molecular complexity index is 950. The van der Waals surface area contributed by atoms with E-state index < -0.39 is 11.6 Å². The van der Waals surface area contributed by atoms with E-state index in [1.807, 2.05) is 37.3 Å². The van der Waals surface area contributed by atoms with E-state index in [2.05, 4.69) is 0 Å². The van der Waals surface area contributed by atoms with Crippen LogP contribution < -0.4 is 5.63 Å². The molecular formula is C19H16O4. The van der Waals surface area contributed by atoms with Gasteiger partial charge in [0, 0.05) is 23.1 Å². The maximum Gasteiger partial charge on any atom is 0.336 e. The van der Waals surface area contributed by atoms with E-state index in [9.17, 15) is 9.59 Å². The first kappa shape index (κ1) is 15.0. The van der Waals surface area contributed by atoms with E-state index in [1.165, 1.54) is 12.1 Å². The van der Waals surface area contributed by atoms with Crippen molar-refractivity contribution in [3.8, 4) is 0 Å². The van der Waals surface area contributed by atoms with Crippen molar-refractivity contribution in [1.29, 1.82) is 0 Å². The molecule has 4 heteroatoms. The van der Waals surface area contributed by atoms with Crippen LogP contribution in [-0.4, -0.2) is 5.97 Å². The van der Waals surface area contributed by atoms with Gasteiger partial charge in [-0.2, -0.15) is 0 Å². The van der Waals surface area contributed by atoms with Crippen molar-refractivity contribution >= 4 is 27.7 Å². The molecule has 3 aromatic rings. The first-order chi connectivity index (χ1) is 11.2. The maximum atomic E-state index is 11.7.